The summed E-state index contributed by atoms with van der Waals surface area (Å²) in [6, 6.07) is 0. The van der Waals surface area contributed by atoms with Crippen molar-refractivity contribution in [3.8, 4) is 0 Å². The molecule has 0 aromatic rings. The first-order chi connectivity index (χ1) is 11.3. The Balaban J connectivity index is 0.00000576. The van der Waals surface area contributed by atoms with Crippen molar-refractivity contribution < 1.29 is 14.3 Å². The van der Waals surface area contributed by atoms with Crippen LogP contribution in [0, 0.1) is 0 Å². The molecular formula is C16H32IN5O3. The maximum absolute atomic E-state index is 11.9. The van der Waals surface area contributed by atoms with Gasteiger partial charge < -0.3 is 25.2 Å². The Morgan fingerprint density at radius 3 is 2.12 bits per heavy atom. The molecule has 0 spiro atoms. The summed E-state index contributed by atoms with van der Waals surface area (Å²) in [6.07, 6.45) is -0.274. The fraction of sp³-hybridized carbons (Fsp3) is 0.812. The first kappa shape index (κ1) is 23.7. The van der Waals surface area contributed by atoms with E-state index in [4.69, 9.17) is 4.74 Å². The minimum atomic E-state index is -0.274. The van der Waals surface area contributed by atoms with Crippen LogP contribution in [0.15, 0.2) is 4.99 Å². The Hall–Kier alpha value is -1.26. The molecule has 2 N–H and O–H groups in total. The van der Waals surface area contributed by atoms with E-state index in [2.05, 4.69) is 20.5 Å². The van der Waals surface area contributed by atoms with Gasteiger partial charge in [-0.2, -0.15) is 0 Å². The number of carbonyl (C=O) groups is 2. The van der Waals surface area contributed by atoms with E-state index in [0.717, 1.165) is 6.54 Å². The van der Waals surface area contributed by atoms with E-state index in [-0.39, 0.29) is 48.1 Å². The Kier molecular flexibility index (Phi) is 10.8. The fourth-order valence-electron chi connectivity index (χ4n) is 2.35. The van der Waals surface area contributed by atoms with Gasteiger partial charge in [0.05, 0.1) is 6.61 Å². The number of nitrogens with zero attached hydrogens (tertiary/aromatic N) is 3. The summed E-state index contributed by atoms with van der Waals surface area (Å²) in [5, 5.41) is 6.09. The number of guanidine groups is 1. The van der Waals surface area contributed by atoms with Crippen LogP contribution in [0.4, 0.5) is 4.79 Å². The van der Waals surface area contributed by atoms with Crippen LogP contribution in [0.2, 0.25) is 0 Å². The predicted molar refractivity (Wildman–Crippen MR) is 109 cm³/mol. The molecule has 0 aliphatic carbocycles. The predicted octanol–water partition coefficient (Wildman–Crippen LogP) is 1.26. The van der Waals surface area contributed by atoms with Crippen molar-refractivity contribution in [2.45, 2.75) is 40.2 Å². The lowest BCUT2D eigenvalue weighted by Gasteiger charge is -2.35. The highest BCUT2D eigenvalue weighted by atomic mass is 127. The summed E-state index contributed by atoms with van der Waals surface area (Å²) >= 11 is 0. The van der Waals surface area contributed by atoms with E-state index < -0.39 is 0 Å². The number of amides is 2. The number of piperazine rings is 1. The molecule has 9 heteroatoms. The highest BCUT2D eigenvalue weighted by Crippen LogP contribution is 2.05. The van der Waals surface area contributed by atoms with E-state index in [9.17, 15) is 9.59 Å². The lowest BCUT2D eigenvalue weighted by Crippen LogP contribution is -2.54. The van der Waals surface area contributed by atoms with E-state index in [1.54, 1.807) is 11.8 Å². The lowest BCUT2D eigenvalue weighted by molar-refractivity contribution is -0.121. The zero-order chi connectivity index (χ0) is 18.2. The number of halogens is 1. The molecule has 0 unspecified atom stereocenters. The molecule has 0 radical (unpaired) electrons. The van der Waals surface area contributed by atoms with Crippen molar-refractivity contribution in [1.82, 2.24) is 20.4 Å². The minimum absolute atomic E-state index is 0. The molecule has 8 nitrogen and oxygen atoms in total. The summed E-state index contributed by atoms with van der Waals surface area (Å²) in [4.78, 5) is 31.8. The van der Waals surface area contributed by atoms with Crippen LogP contribution in [0.25, 0.3) is 0 Å². The molecule has 1 saturated heterocycles. The van der Waals surface area contributed by atoms with Gasteiger partial charge in [0.2, 0.25) is 5.91 Å². The van der Waals surface area contributed by atoms with Gasteiger partial charge in [-0.05, 0) is 34.6 Å². The Labute approximate surface area is 167 Å². The van der Waals surface area contributed by atoms with Crippen molar-refractivity contribution in [2.75, 3.05) is 45.9 Å². The quantitative estimate of drug-likeness (QED) is 0.368. The van der Waals surface area contributed by atoms with Crippen LogP contribution in [0.1, 0.15) is 34.6 Å². The maximum atomic E-state index is 11.9. The van der Waals surface area contributed by atoms with Gasteiger partial charge in [0, 0.05) is 38.3 Å². The van der Waals surface area contributed by atoms with Crippen LogP contribution < -0.4 is 10.6 Å². The minimum Gasteiger partial charge on any atom is -0.450 e. The van der Waals surface area contributed by atoms with Crippen molar-refractivity contribution in [2.24, 2.45) is 4.99 Å². The van der Waals surface area contributed by atoms with Crippen LogP contribution in [0.5, 0.6) is 0 Å². The maximum Gasteiger partial charge on any atom is 0.409 e. The number of hydrogen-bond donors (Lipinski definition) is 2. The van der Waals surface area contributed by atoms with Crippen LogP contribution in [0.3, 0.4) is 0 Å². The Bertz CT molecular complexity index is 457. The molecular weight excluding hydrogens is 437 g/mol. The molecule has 1 fully saturated rings. The lowest BCUT2D eigenvalue weighted by atomic mass is 10.1. The van der Waals surface area contributed by atoms with Crippen LogP contribution in [-0.2, 0) is 9.53 Å². The third-order valence-electron chi connectivity index (χ3n) is 3.33. The van der Waals surface area contributed by atoms with E-state index >= 15 is 0 Å². The molecule has 0 saturated carbocycles. The average Bonchev–Trinajstić information content (AvgIpc) is 2.50. The smallest absolute Gasteiger partial charge is 0.409 e. The topological polar surface area (TPSA) is 86.3 Å². The van der Waals surface area contributed by atoms with Crippen molar-refractivity contribution in [3.63, 3.8) is 0 Å². The van der Waals surface area contributed by atoms with Gasteiger partial charge in [0.1, 0.15) is 6.54 Å². The van der Waals surface area contributed by atoms with E-state index in [0.29, 0.717) is 38.7 Å². The molecule has 2 amide bonds. The molecule has 1 aliphatic rings. The van der Waals surface area contributed by atoms with E-state index in [1.807, 2.05) is 27.7 Å². The van der Waals surface area contributed by atoms with Gasteiger partial charge in [-0.15, -0.1) is 24.0 Å². The normalized spacial score (nSPS) is 15.3. The monoisotopic (exact) mass is 469 g/mol. The summed E-state index contributed by atoms with van der Waals surface area (Å²) in [6.45, 7) is 13.3. The molecule has 0 aromatic carbocycles. The molecule has 0 bridgehead atoms. The first-order valence-corrected chi connectivity index (χ1v) is 8.52. The summed E-state index contributed by atoms with van der Waals surface area (Å²) in [5.74, 6) is 0.591. The number of nitrogens with one attached hydrogen (secondary N) is 2. The molecule has 1 heterocycles. The van der Waals surface area contributed by atoms with Crippen molar-refractivity contribution in [3.05, 3.63) is 0 Å². The number of aliphatic imine (C=N–C) groups is 1. The second-order valence-corrected chi connectivity index (χ2v) is 6.64. The Morgan fingerprint density at radius 2 is 1.64 bits per heavy atom. The number of rotatable bonds is 4. The first-order valence-electron chi connectivity index (χ1n) is 8.52. The molecule has 146 valence electrons. The molecule has 0 aromatic heterocycles. The zero-order valence-corrected chi connectivity index (χ0v) is 18.3. The van der Waals surface area contributed by atoms with Gasteiger partial charge in [-0.3, -0.25) is 4.79 Å². The summed E-state index contributed by atoms with van der Waals surface area (Å²) in [5.41, 5.74) is -0.268. The average molecular weight is 469 g/mol. The van der Waals surface area contributed by atoms with Crippen LogP contribution in [-0.4, -0.2) is 79.2 Å². The van der Waals surface area contributed by atoms with Gasteiger partial charge in [0.15, 0.2) is 5.96 Å². The molecule has 0 atom stereocenters. The van der Waals surface area contributed by atoms with Gasteiger partial charge in [0.25, 0.3) is 0 Å². The number of carbonyl (C=O) groups excluding carboxylic acids is 2. The highest BCUT2D eigenvalue weighted by Gasteiger charge is 2.24. The third-order valence-corrected chi connectivity index (χ3v) is 3.33. The number of ether oxygens (including phenoxy) is 1. The van der Waals surface area contributed by atoms with Gasteiger partial charge in [-0.1, -0.05) is 0 Å². The van der Waals surface area contributed by atoms with E-state index in [1.165, 1.54) is 0 Å². The van der Waals surface area contributed by atoms with Crippen molar-refractivity contribution in [1.29, 1.82) is 0 Å². The third kappa shape index (κ3) is 9.13. The second kappa shape index (κ2) is 11.4. The molecule has 25 heavy (non-hydrogen) atoms. The number of hydrogen-bond acceptors (Lipinski definition) is 4. The summed E-state index contributed by atoms with van der Waals surface area (Å²) < 4.78 is 5.02. The standard InChI is InChI=1S/C16H31N5O3.HI/c1-6-17-14(18-12-13(22)19-16(3,4)5)20-8-10-21(11-9-20)15(23)24-7-2;/h6-12H2,1-5H3,(H,17,18)(H,19,22);1H. The largest absolute Gasteiger partial charge is 0.450 e. The zero-order valence-electron chi connectivity index (χ0n) is 15.9. The fourth-order valence-corrected chi connectivity index (χ4v) is 2.35. The Morgan fingerprint density at radius 1 is 1.08 bits per heavy atom. The van der Waals surface area contributed by atoms with Gasteiger partial charge >= 0.3 is 6.09 Å². The van der Waals surface area contributed by atoms with Gasteiger partial charge in [-0.25, -0.2) is 9.79 Å². The summed E-state index contributed by atoms with van der Waals surface area (Å²) in [7, 11) is 0. The molecule has 1 aliphatic heterocycles. The van der Waals surface area contributed by atoms with Crippen LogP contribution >= 0.6 is 24.0 Å². The van der Waals surface area contributed by atoms with Crippen molar-refractivity contribution >= 4 is 41.9 Å². The second-order valence-electron chi connectivity index (χ2n) is 6.64. The highest BCUT2D eigenvalue weighted by molar-refractivity contribution is 14.0. The SMILES string of the molecule is CCNC(=NCC(=O)NC(C)(C)C)N1CCN(C(=O)OCC)CC1.I. The molecule has 1 rings (SSSR count).